The Kier molecular flexibility index (Phi) is 2.58. The smallest absolute Gasteiger partial charge is 0.225 e. The summed E-state index contributed by atoms with van der Waals surface area (Å²) in [4.78, 5) is 9.93. The van der Waals surface area contributed by atoms with Crippen LogP contribution < -0.4 is 10.6 Å². The van der Waals surface area contributed by atoms with E-state index in [-0.39, 0.29) is 0 Å². The predicted octanol–water partition coefficient (Wildman–Crippen LogP) is 0.543. The summed E-state index contributed by atoms with van der Waals surface area (Å²) < 4.78 is 12.6. The van der Waals surface area contributed by atoms with E-state index in [1.54, 1.807) is 0 Å². The summed E-state index contributed by atoms with van der Waals surface area (Å²) in [5.74, 6) is 0.177. The monoisotopic (exact) mass is 196 g/mol. The lowest BCUT2D eigenvalue weighted by Crippen LogP contribution is -2.32. The van der Waals surface area contributed by atoms with E-state index in [0.29, 0.717) is 18.5 Å². The summed E-state index contributed by atoms with van der Waals surface area (Å²) in [6, 6.07) is 0.504. The van der Waals surface area contributed by atoms with Gasteiger partial charge in [-0.15, -0.1) is 0 Å². The molecule has 0 amide bonds. The SMILES string of the molecule is NCCN(c1ncc(F)cn1)C1CC1. The second-order valence-corrected chi connectivity index (χ2v) is 3.41. The minimum atomic E-state index is -0.405. The van der Waals surface area contributed by atoms with E-state index >= 15 is 0 Å². The van der Waals surface area contributed by atoms with Crippen molar-refractivity contribution in [3.05, 3.63) is 18.2 Å². The Hall–Kier alpha value is -1.23. The number of aromatic nitrogens is 2. The van der Waals surface area contributed by atoms with E-state index in [4.69, 9.17) is 5.73 Å². The van der Waals surface area contributed by atoms with Crippen LogP contribution in [-0.4, -0.2) is 29.1 Å². The van der Waals surface area contributed by atoms with Gasteiger partial charge in [0.05, 0.1) is 12.4 Å². The van der Waals surface area contributed by atoms with Crippen molar-refractivity contribution in [1.82, 2.24) is 9.97 Å². The lowest BCUT2D eigenvalue weighted by Gasteiger charge is -2.20. The van der Waals surface area contributed by atoms with Crippen molar-refractivity contribution in [3.63, 3.8) is 0 Å². The normalized spacial score (nSPS) is 15.6. The van der Waals surface area contributed by atoms with Crippen molar-refractivity contribution in [3.8, 4) is 0 Å². The summed E-state index contributed by atoms with van der Waals surface area (Å²) in [6.07, 6.45) is 4.68. The maximum Gasteiger partial charge on any atom is 0.225 e. The second kappa shape index (κ2) is 3.88. The van der Waals surface area contributed by atoms with Crippen molar-refractivity contribution in [1.29, 1.82) is 0 Å². The summed E-state index contributed by atoms with van der Waals surface area (Å²) >= 11 is 0. The first-order valence-corrected chi connectivity index (χ1v) is 4.75. The zero-order valence-electron chi connectivity index (χ0n) is 7.86. The first-order chi connectivity index (χ1) is 6.81. The number of nitrogens with two attached hydrogens (primary N) is 1. The molecule has 0 aromatic carbocycles. The molecule has 1 aliphatic rings. The zero-order chi connectivity index (χ0) is 9.97. The van der Waals surface area contributed by atoms with E-state index in [1.807, 2.05) is 4.90 Å². The molecule has 1 aromatic rings. The van der Waals surface area contributed by atoms with Crippen LogP contribution >= 0.6 is 0 Å². The van der Waals surface area contributed by atoms with Crippen molar-refractivity contribution < 1.29 is 4.39 Å². The van der Waals surface area contributed by atoms with Gasteiger partial charge in [0.2, 0.25) is 5.95 Å². The number of anilines is 1. The van der Waals surface area contributed by atoms with Crippen molar-refractivity contribution in [2.24, 2.45) is 5.73 Å². The Labute approximate surface area is 82.0 Å². The minimum Gasteiger partial charge on any atom is -0.337 e. The highest BCUT2D eigenvalue weighted by Gasteiger charge is 2.30. The Bertz CT molecular complexity index is 296. The molecular weight excluding hydrogens is 183 g/mol. The molecule has 0 atom stereocenters. The van der Waals surface area contributed by atoms with Gasteiger partial charge < -0.3 is 10.6 Å². The van der Waals surface area contributed by atoms with Gasteiger partial charge in [0, 0.05) is 19.1 Å². The fourth-order valence-electron chi connectivity index (χ4n) is 1.42. The van der Waals surface area contributed by atoms with Crippen LogP contribution in [0.1, 0.15) is 12.8 Å². The molecule has 0 radical (unpaired) electrons. The topological polar surface area (TPSA) is 55.0 Å². The van der Waals surface area contributed by atoms with Gasteiger partial charge in [-0.25, -0.2) is 14.4 Å². The Morgan fingerprint density at radius 3 is 2.57 bits per heavy atom. The highest BCUT2D eigenvalue weighted by molar-refractivity contribution is 5.33. The quantitative estimate of drug-likeness (QED) is 0.763. The van der Waals surface area contributed by atoms with Crippen LogP contribution in [0.5, 0.6) is 0 Å². The molecule has 0 aliphatic heterocycles. The maximum atomic E-state index is 12.6. The molecule has 0 unspecified atom stereocenters. The third-order valence-corrected chi connectivity index (χ3v) is 2.22. The molecule has 5 heteroatoms. The minimum absolute atomic E-state index is 0.405. The molecule has 2 rings (SSSR count). The molecule has 1 heterocycles. The summed E-state index contributed by atoms with van der Waals surface area (Å²) in [7, 11) is 0. The summed E-state index contributed by atoms with van der Waals surface area (Å²) in [5, 5.41) is 0. The molecule has 1 aromatic heterocycles. The van der Waals surface area contributed by atoms with E-state index in [1.165, 1.54) is 12.4 Å². The fraction of sp³-hybridized carbons (Fsp3) is 0.556. The number of halogens is 1. The van der Waals surface area contributed by atoms with Crippen LogP contribution in [0.2, 0.25) is 0 Å². The Balaban J connectivity index is 2.13. The molecule has 0 bridgehead atoms. The van der Waals surface area contributed by atoms with Gasteiger partial charge in [-0.05, 0) is 12.8 Å². The molecule has 1 fully saturated rings. The van der Waals surface area contributed by atoms with E-state index in [2.05, 4.69) is 9.97 Å². The van der Waals surface area contributed by atoms with Gasteiger partial charge >= 0.3 is 0 Å². The predicted molar refractivity (Wildman–Crippen MR) is 51.4 cm³/mol. The van der Waals surface area contributed by atoms with Gasteiger partial charge in [0.15, 0.2) is 5.82 Å². The average molecular weight is 196 g/mol. The first-order valence-electron chi connectivity index (χ1n) is 4.75. The molecule has 0 spiro atoms. The van der Waals surface area contributed by atoms with Crippen LogP contribution in [0.3, 0.4) is 0 Å². The van der Waals surface area contributed by atoms with E-state index < -0.39 is 5.82 Å². The number of rotatable bonds is 4. The van der Waals surface area contributed by atoms with Crippen LogP contribution in [0.25, 0.3) is 0 Å². The molecular formula is C9H13FN4. The standard InChI is InChI=1S/C9H13FN4/c10-7-5-12-9(13-6-7)14(4-3-11)8-1-2-8/h5-6,8H,1-4,11H2. The van der Waals surface area contributed by atoms with Crippen LogP contribution in [0.15, 0.2) is 12.4 Å². The van der Waals surface area contributed by atoms with Crippen molar-refractivity contribution in [2.75, 3.05) is 18.0 Å². The number of hydrogen-bond acceptors (Lipinski definition) is 4. The maximum absolute atomic E-state index is 12.6. The van der Waals surface area contributed by atoms with Crippen LogP contribution in [0, 0.1) is 5.82 Å². The molecule has 1 aliphatic carbocycles. The average Bonchev–Trinajstić information content (AvgIpc) is 2.99. The van der Waals surface area contributed by atoms with Crippen LogP contribution in [0.4, 0.5) is 10.3 Å². The van der Waals surface area contributed by atoms with Gasteiger partial charge in [-0.3, -0.25) is 0 Å². The summed E-state index contributed by atoms with van der Waals surface area (Å²) in [6.45, 7) is 1.30. The highest BCUT2D eigenvalue weighted by atomic mass is 19.1. The third kappa shape index (κ3) is 1.98. The molecule has 2 N–H and O–H groups in total. The van der Waals surface area contributed by atoms with Crippen molar-refractivity contribution >= 4 is 5.95 Å². The number of hydrogen-bond donors (Lipinski definition) is 1. The largest absolute Gasteiger partial charge is 0.337 e. The Morgan fingerprint density at radius 1 is 1.43 bits per heavy atom. The second-order valence-electron chi connectivity index (χ2n) is 3.41. The summed E-state index contributed by atoms with van der Waals surface area (Å²) in [5.41, 5.74) is 5.49. The van der Waals surface area contributed by atoms with E-state index in [9.17, 15) is 4.39 Å². The lowest BCUT2D eigenvalue weighted by atomic mass is 10.5. The molecule has 4 nitrogen and oxygen atoms in total. The van der Waals surface area contributed by atoms with E-state index in [0.717, 1.165) is 19.4 Å². The zero-order valence-corrected chi connectivity index (χ0v) is 7.86. The molecule has 1 saturated carbocycles. The van der Waals surface area contributed by atoms with Gasteiger partial charge in [-0.2, -0.15) is 0 Å². The first kappa shape index (κ1) is 9.33. The lowest BCUT2D eigenvalue weighted by molar-refractivity contribution is 0.610. The molecule has 14 heavy (non-hydrogen) atoms. The van der Waals surface area contributed by atoms with Crippen molar-refractivity contribution in [2.45, 2.75) is 18.9 Å². The fourth-order valence-corrected chi connectivity index (χ4v) is 1.42. The van der Waals surface area contributed by atoms with Gasteiger partial charge in [0.1, 0.15) is 0 Å². The van der Waals surface area contributed by atoms with Gasteiger partial charge in [0.25, 0.3) is 0 Å². The van der Waals surface area contributed by atoms with Crippen LogP contribution in [-0.2, 0) is 0 Å². The number of nitrogens with zero attached hydrogens (tertiary/aromatic N) is 3. The highest BCUT2D eigenvalue weighted by Crippen LogP contribution is 2.28. The molecule has 76 valence electrons. The third-order valence-electron chi connectivity index (χ3n) is 2.22. The van der Waals surface area contributed by atoms with Gasteiger partial charge in [-0.1, -0.05) is 0 Å². The Morgan fingerprint density at radius 2 is 2.07 bits per heavy atom. The molecule has 0 saturated heterocycles.